The minimum absolute atomic E-state index is 0.230. The van der Waals surface area contributed by atoms with Crippen LogP contribution < -0.4 is 5.32 Å². The number of para-hydroxylation sites is 1. The molecule has 0 fully saturated rings. The molecule has 3 aromatic rings. The van der Waals surface area contributed by atoms with Crippen LogP contribution in [-0.4, -0.2) is 28.5 Å². The van der Waals surface area contributed by atoms with Crippen LogP contribution in [0.25, 0.3) is 11.1 Å². The van der Waals surface area contributed by atoms with E-state index in [-0.39, 0.29) is 5.56 Å². The Bertz CT molecular complexity index is 861. The van der Waals surface area contributed by atoms with Crippen molar-refractivity contribution in [1.82, 2.24) is 9.97 Å². The van der Waals surface area contributed by atoms with Gasteiger partial charge in [-0.3, -0.25) is 4.79 Å². The first kappa shape index (κ1) is 15.0. The lowest BCUT2D eigenvalue weighted by molar-refractivity contribution is -0.119. The van der Waals surface area contributed by atoms with Crippen molar-refractivity contribution >= 4 is 40.4 Å². The Balaban J connectivity index is 1.61. The predicted octanol–water partition coefficient (Wildman–Crippen LogP) is 2.67. The molecule has 1 N–H and O–H groups in total. The fourth-order valence-electron chi connectivity index (χ4n) is 1.89. The Labute approximate surface area is 135 Å². The molecule has 7 nitrogen and oxygen atoms in total. The maximum absolute atomic E-state index is 12.0. The Hall–Kier alpha value is -2.93. The number of anilines is 1. The number of benzene rings is 1. The van der Waals surface area contributed by atoms with Crippen LogP contribution in [0.2, 0.25) is 5.02 Å². The second-order valence-corrected chi connectivity index (χ2v) is 4.93. The number of carbonyl (C=O) groups is 2. The normalized spacial score (nSPS) is 10.5. The van der Waals surface area contributed by atoms with E-state index in [9.17, 15) is 9.59 Å². The smallest absolute Gasteiger partial charge is 0.340 e. The van der Waals surface area contributed by atoms with Gasteiger partial charge in [-0.2, -0.15) is 0 Å². The number of carbonyl (C=O) groups excluding carboxylic acids is 2. The SMILES string of the molecule is O=C(COC(=O)c1cccc2ocnc12)Nc1ccc(Cl)cn1. The summed E-state index contributed by atoms with van der Waals surface area (Å²) in [6, 6.07) is 7.99. The fraction of sp³-hybridized carbons (Fsp3) is 0.0667. The highest BCUT2D eigenvalue weighted by atomic mass is 35.5. The number of oxazole rings is 1. The number of amides is 1. The number of nitrogens with zero attached hydrogens (tertiary/aromatic N) is 2. The number of pyridine rings is 1. The first-order chi connectivity index (χ1) is 11.1. The van der Waals surface area contributed by atoms with Gasteiger partial charge in [-0.05, 0) is 24.3 Å². The Morgan fingerprint density at radius 1 is 1.22 bits per heavy atom. The summed E-state index contributed by atoms with van der Waals surface area (Å²) >= 11 is 5.70. The molecule has 0 bridgehead atoms. The van der Waals surface area contributed by atoms with E-state index in [2.05, 4.69) is 15.3 Å². The van der Waals surface area contributed by atoms with E-state index < -0.39 is 18.5 Å². The van der Waals surface area contributed by atoms with E-state index in [4.69, 9.17) is 20.8 Å². The van der Waals surface area contributed by atoms with Gasteiger partial charge in [0.05, 0.1) is 10.6 Å². The van der Waals surface area contributed by atoms with Crippen molar-refractivity contribution in [1.29, 1.82) is 0 Å². The summed E-state index contributed by atoms with van der Waals surface area (Å²) in [6.07, 6.45) is 2.63. The van der Waals surface area contributed by atoms with E-state index >= 15 is 0 Å². The summed E-state index contributed by atoms with van der Waals surface area (Å²) < 4.78 is 10.1. The molecule has 23 heavy (non-hydrogen) atoms. The van der Waals surface area contributed by atoms with Crippen LogP contribution in [-0.2, 0) is 9.53 Å². The molecule has 8 heteroatoms. The standard InChI is InChI=1S/C15H10ClN3O4/c16-9-4-5-12(17-6-9)19-13(20)7-22-15(21)10-2-1-3-11-14(10)18-8-23-11/h1-6,8H,7H2,(H,17,19,20). The van der Waals surface area contributed by atoms with Crippen molar-refractivity contribution in [3.63, 3.8) is 0 Å². The van der Waals surface area contributed by atoms with Crippen LogP contribution in [0.4, 0.5) is 5.82 Å². The molecule has 0 radical (unpaired) electrons. The maximum Gasteiger partial charge on any atom is 0.340 e. The van der Waals surface area contributed by atoms with Crippen LogP contribution in [0.1, 0.15) is 10.4 Å². The first-order valence-corrected chi connectivity index (χ1v) is 6.92. The highest BCUT2D eigenvalue weighted by molar-refractivity contribution is 6.30. The predicted molar refractivity (Wildman–Crippen MR) is 82.2 cm³/mol. The first-order valence-electron chi connectivity index (χ1n) is 6.54. The number of hydrogen-bond donors (Lipinski definition) is 1. The molecule has 0 aliphatic heterocycles. The number of halogens is 1. The van der Waals surface area contributed by atoms with Crippen molar-refractivity contribution in [2.24, 2.45) is 0 Å². The zero-order chi connectivity index (χ0) is 16.2. The van der Waals surface area contributed by atoms with E-state index in [1.807, 2.05) is 0 Å². The quantitative estimate of drug-likeness (QED) is 0.739. The maximum atomic E-state index is 12.0. The lowest BCUT2D eigenvalue weighted by Crippen LogP contribution is -2.21. The number of esters is 1. The van der Waals surface area contributed by atoms with Crippen molar-refractivity contribution in [2.45, 2.75) is 0 Å². The van der Waals surface area contributed by atoms with Gasteiger partial charge in [-0.15, -0.1) is 0 Å². The Morgan fingerprint density at radius 3 is 2.87 bits per heavy atom. The second kappa shape index (κ2) is 6.45. The number of nitrogens with one attached hydrogen (secondary N) is 1. The molecule has 0 saturated carbocycles. The summed E-state index contributed by atoms with van der Waals surface area (Å²) in [7, 11) is 0. The minimum Gasteiger partial charge on any atom is -0.452 e. The molecule has 0 atom stereocenters. The molecule has 0 saturated heterocycles. The Kier molecular flexibility index (Phi) is 4.20. The largest absolute Gasteiger partial charge is 0.452 e. The fourth-order valence-corrected chi connectivity index (χ4v) is 2.00. The summed E-state index contributed by atoms with van der Waals surface area (Å²) in [5, 5.41) is 2.94. The second-order valence-electron chi connectivity index (χ2n) is 4.49. The molecule has 0 spiro atoms. The molecule has 0 aliphatic rings. The minimum atomic E-state index is -0.663. The van der Waals surface area contributed by atoms with Crippen LogP contribution in [0.3, 0.4) is 0 Å². The van der Waals surface area contributed by atoms with Gasteiger partial charge in [0.15, 0.2) is 18.6 Å². The molecule has 116 valence electrons. The molecule has 3 rings (SSSR count). The molecule has 2 heterocycles. The molecular formula is C15H10ClN3O4. The van der Waals surface area contributed by atoms with Gasteiger partial charge in [0.2, 0.25) is 0 Å². The molecule has 0 aliphatic carbocycles. The average molecular weight is 332 g/mol. The van der Waals surface area contributed by atoms with E-state index in [1.165, 1.54) is 18.7 Å². The highest BCUT2D eigenvalue weighted by Crippen LogP contribution is 2.17. The van der Waals surface area contributed by atoms with Crippen molar-refractivity contribution in [3.05, 3.63) is 53.5 Å². The van der Waals surface area contributed by atoms with Crippen LogP contribution in [0.15, 0.2) is 47.3 Å². The van der Waals surface area contributed by atoms with Crippen LogP contribution >= 0.6 is 11.6 Å². The van der Waals surface area contributed by atoms with E-state index in [0.717, 1.165) is 0 Å². The number of rotatable bonds is 4. The lowest BCUT2D eigenvalue weighted by atomic mass is 10.2. The number of ether oxygens (including phenoxy) is 1. The van der Waals surface area contributed by atoms with Gasteiger partial charge in [-0.25, -0.2) is 14.8 Å². The number of hydrogen-bond acceptors (Lipinski definition) is 6. The third-order valence-electron chi connectivity index (χ3n) is 2.91. The molecule has 1 aromatic carbocycles. The van der Waals surface area contributed by atoms with Crippen LogP contribution in [0, 0.1) is 0 Å². The van der Waals surface area contributed by atoms with Gasteiger partial charge in [0.25, 0.3) is 5.91 Å². The summed E-state index contributed by atoms with van der Waals surface area (Å²) in [6.45, 7) is -0.447. The zero-order valence-electron chi connectivity index (χ0n) is 11.7. The van der Waals surface area contributed by atoms with Gasteiger partial charge in [0.1, 0.15) is 11.3 Å². The van der Waals surface area contributed by atoms with Gasteiger partial charge in [-0.1, -0.05) is 17.7 Å². The van der Waals surface area contributed by atoms with Crippen molar-refractivity contribution < 1.29 is 18.7 Å². The summed E-state index contributed by atoms with van der Waals surface area (Å²) in [4.78, 5) is 31.7. The van der Waals surface area contributed by atoms with Crippen LogP contribution in [0.5, 0.6) is 0 Å². The lowest BCUT2D eigenvalue weighted by Gasteiger charge is -2.06. The molecule has 0 unspecified atom stereocenters. The molecular weight excluding hydrogens is 322 g/mol. The zero-order valence-corrected chi connectivity index (χ0v) is 12.4. The monoisotopic (exact) mass is 331 g/mol. The molecule has 2 aromatic heterocycles. The summed E-state index contributed by atoms with van der Waals surface area (Å²) in [5.41, 5.74) is 1.08. The van der Waals surface area contributed by atoms with Gasteiger partial charge < -0.3 is 14.5 Å². The Morgan fingerprint density at radius 2 is 2.09 bits per heavy atom. The molecule has 1 amide bonds. The number of fused-ring (bicyclic) bond motifs is 1. The van der Waals surface area contributed by atoms with Gasteiger partial charge in [0, 0.05) is 6.20 Å². The van der Waals surface area contributed by atoms with Crippen molar-refractivity contribution in [3.8, 4) is 0 Å². The van der Waals surface area contributed by atoms with Crippen molar-refractivity contribution in [2.75, 3.05) is 11.9 Å². The third-order valence-corrected chi connectivity index (χ3v) is 3.13. The summed E-state index contributed by atoms with van der Waals surface area (Å²) in [5.74, 6) is -0.863. The van der Waals surface area contributed by atoms with E-state index in [1.54, 1.807) is 24.3 Å². The van der Waals surface area contributed by atoms with E-state index in [0.29, 0.717) is 21.9 Å². The number of aromatic nitrogens is 2. The average Bonchev–Trinajstić information content (AvgIpc) is 3.03. The third kappa shape index (κ3) is 3.46. The topological polar surface area (TPSA) is 94.3 Å². The van der Waals surface area contributed by atoms with Gasteiger partial charge >= 0.3 is 5.97 Å². The highest BCUT2D eigenvalue weighted by Gasteiger charge is 2.15.